The fourth-order valence-electron chi connectivity index (χ4n) is 1.94. The van der Waals surface area contributed by atoms with Gasteiger partial charge in [-0.15, -0.1) is 0 Å². The zero-order valence-electron chi connectivity index (χ0n) is 11.8. The van der Waals surface area contributed by atoms with Gasteiger partial charge in [-0.05, 0) is 41.9 Å². The van der Waals surface area contributed by atoms with Crippen LogP contribution in [0.15, 0.2) is 28.7 Å². The van der Waals surface area contributed by atoms with E-state index >= 15 is 0 Å². The number of hydrazine groups is 1. The Labute approximate surface area is 119 Å². The summed E-state index contributed by atoms with van der Waals surface area (Å²) in [5.41, 5.74) is 4.60. The van der Waals surface area contributed by atoms with Crippen molar-refractivity contribution in [1.29, 1.82) is 0 Å². The molecular formula is C15H25BrN2. The molecule has 2 atom stereocenters. The third-order valence-corrected chi connectivity index (χ3v) is 4.22. The molecule has 3 N–H and O–H groups in total. The lowest BCUT2D eigenvalue weighted by Crippen LogP contribution is -2.39. The second-order valence-electron chi connectivity index (χ2n) is 6.20. The monoisotopic (exact) mass is 312 g/mol. The maximum Gasteiger partial charge on any atom is 0.0253 e. The Balaban J connectivity index is 2.63. The molecule has 1 aromatic carbocycles. The largest absolute Gasteiger partial charge is 0.271 e. The first kappa shape index (κ1) is 15.7. The number of benzene rings is 1. The molecule has 102 valence electrons. The molecule has 0 fully saturated rings. The number of halogens is 1. The fraction of sp³-hybridized carbons (Fsp3) is 0.600. The number of hydrogen-bond acceptors (Lipinski definition) is 2. The second kappa shape index (κ2) is 6.69. The van der Waals surface area contributed by atoms with Crippen LogP contribution in [0.5, 0.6) is 0 Å². The molecule has 0 bridgehead atoms. The summed E-state index contributed by atoms with van der Waals surface area (Å²) in [4.78, 5) is 0. The predicted molar refractivity (Wildman–Crippen MR) is 82.2 cm³/mol. The van der Waals surface area contributed by atoms with E-state index in [0.717, 1.165) is 17.3 Å². The maximum absolute atomic E-state index is 5.69. The average Bonchev–Trinajstić information content (AvgIpc) is 2.26. The van der Waals surface area contributed by atoms with Crippen molar-refractivity contribution in [2.45, 2.75) is 46.6 Å². The molecule has 0 amide bonds. The van der Waals surface area contributed by atoms with E-state index in [1.165, 1.54) is 5.56 Å². The van der Waals surface area contributed by atoms with Crippen molar-refractivity contribution in [2.24, 2.45) is 17.2 Å². The van der Waals surface area contributed by atoms with E-state index in [4.69, 9.17) is 5.84 Å². The molecule has 0 spiro atoms. The molecule has 1 aromatic rings. The summed E-state index contributed by atoms with van der Waals surface area (Å²) >= 11 is 3.50. The normalized spacial score (nSPS) is 15.4. The van der Waals surface area contributed by atoms with Crippen LogP contribution in [0.1, 0.15) is 39.7 Å². The first-order valence-corrected chi connectivity index (χ1v) is 7.33. The van der Waals surface area contributed by atoms with Gasteiger partial charge in [-0.3, -0.25) is 11.3 Å². The summed E-state index contributed by atoms with van der Waals surface area (Å²) in [6.45, 7) is 9.14. The lowest BCUT2D eigenvalue weighted by Gasteiger charge is -2.30. The molecule has 0 saturated heterocycles. The summed E-state index contributed by atoms with van der Waals surface area (Å²) < 4.78 is 1.12. The molecule has 0 radical (unpaired) electrons. The quantitative estimate of drug-likeness (QED) is 0.639. The zero-order valence-corrected chi connectivity index (χ0v) is 13.4. The van der Waals surface area contributed by atoms with Crippen molar-refractivity contribution >= 4 is 15.9 Å². The Morgan fingerprint density at radius 1 is 1.33 bits per heavy atom. The van der Waals surface area contributed by atoms with Gasteiger partial charge in [0, 0.05) is 10.5 Å². The summed E-state index contributed by atoms with van der Waals surface area (Å²) in [5, 5.41) is 0. The van der Waals surface area contributed by atoms with Crippen molar-refractivity contribution in [1.82, 2.24) is 5.43 Å². The van der Waals surface area contributed by atoms with E-state index in [9.17, 15) is 0 Å². The van der Waals surface area contributed by atoms with Crippen molar-refractivity contribution < 1.29 is 0 Å². The molecule has 2 unspecified atom stereocenters. The van der Waals surface area contributed by atoms with Crippen molar-refractivity contribution in [3.8, 4) is 0 Å². The zero-order chi connectivity index (χ0) is 13.8. The SMILES string of the molecule is CC(CC(Cc1cccc(Br)c1)NN)C(C)(C)C. The highest BCUT2D eigenvalue weighted by Crippen LogP contribution is 2.29. The number of nitrogens with two attached hydrogens (primary N) is 1. The van der Waals surface area contributed by atoms with E-state index in [1.807, 2.05) is 6.07 Å². The van der Waals surface area contributed by atoms with Crippen molar-refractivity contribution in [3.63, 3.8) is 0 Å². The van der Waals surface area contributed by atoms with E-state index in [0.29, 0.717) is 17.4 Å². The Bertz CT molecular complexity index is 371. The van der Waals surface area contributed by atoms with Crippen molar-refractivity contribution in [3.05, 3.63) is 34.3 Å². The molecular weight excluding hydrogens is 288 g/mol. The van der Waals surface area contributed by atoms with E-state index < -0.39 is 0 Å². The average molecular weight is 313 g/mol. The molecule has 1 rings (SSSR count). The number of nitrogens with one attached hydrogen (secondary N) is 1. The van der Waals surface area contributed by atoms with Crippen LogP contribution < -0.4 is 11.3 Å². The Hall–Kier alpha value is -0.380. The maximum atomic E-state index is 5.69. The minimum Gasteiger partial charge on any atom is -0.271 e. The van der Waals surface area contributed by atoms with Crippen LogP contribution >= 0.6 is 15.9 Å². The lowest BCUT2D eigenvalue weighted by molar-refractivity contribution is 0.222. The van der Waals surface area contributed by atoms with Gasteiger partial charge in [0.15, 0.2) is 0 Å². The van der Waals surface area contributed by atoms with Gasteiger partial charge in [0.05, 0.1) is 0 Å². The molecule has 0 heterocycles. The van der Waals surface area contributed by atoms with Gasteiger partial charge in [-0.1, -0.05) is 55.8 Å². The molecule has 0 aliphatic carbocycles. The highest BCUT2D eigenvalue weighted by atomic mass is 79.9. The second-order valence-corrected chi connectivity index (χ2v) is 7.12. The Morgan fingerprint density at radius 3 is 2.50 bits per heavy atom. The molecule has 2 nitrogen and oxygen atoms in total. The van der Waals surface area contributed by atoms with Crippen LogP contribution in [0, 0.1) is 11.3 Å². The molecule has 0 aliphatic heterocycles. The van der Waals surface area contributed by atoms with Crippen LogP contribution in [0.25, 0.3) is 0 Å². The van der Waals surface area contributed by atoms with Gasteiger partial charge in [0.25, 0.3) is 0 Å². The van der Waals surface area contributed by atoms with E-state index in [-0.39, 0.29) is 0 Å². The van der Waals surface area contributed by atoms with Crippen LogP contribution in [-0.4, -0.2) is 6.04 Å². The number of rotatable bonds is 5. The lowest BCUT2D eigenvalue weighted by atomic mass is 9.78. The van der Waals surface area contributed by atoms with Gasteiger partial charge in [-0.25, -0.2) is 0 Å². The number of hydrogen-bond donors (Lipinski definition) is 2. The Morgan fingerprint density at radius 2 is 2.00 bits per heavy atom. The third-order valence-electron chi connectivity index (χ3n) is 3.72. The smallest absolute Gasteiger partial charge is 0.0253 e. The summed E-state index contributed by atoms with van der Waals surface area (Å²) in [6.07, 6.45) is 2.06. The molecule has 0 saturated carbocycles. The first-order chi connectivity index (χ1) is 8.32. The van der Waals surface area contributed by atoms with Crippen LogP contribution in [0.3, 0.4) is 0 Å². The van der Waals surface area contributed by atoms with Gasteiger partial charge in [-0.2, -0.15) is 0 Å². The summed E-state index contributed by atoms with van der Waals surface area (Å²) in [6, 6.07) is 8.75. The van der Waals surface area contributed by atoms with Gasteiger partial charge >= 0.3 is 0 Å². The van der Waals surface area contributed by atoms with Crippen LogP contribution in [0.4, 0.5) is 0 Å². The highest BCUT2D eigenvalue weighted by Gasteiger charge is 2.23. The third kappa shape index (κ3) is 5.09. The molecule has 3 heteroatoms. The summed E-state index contributed by atoms with van der Waals surface area (Å²) in [7, 11) is 0. The van der Waals surface area contributed by atoms with Gasteiger partial charge < -0.3 is 0 Å². The predicted octanol–water partition coefficient (Wildman–Crippen LogP) is 3.90. The molecule has 18 heavy (non-hydrogen) atoms. The standard InChI is InChI=1S/C15H25BrN2/c1-11(15(2,3)4)8-14(18-17)10-12-6-5-7-13(16)9-12/h5-7,9,11,14,18H,8,10,17H2,1-4H3. The minimum absolute atomic E-state index is 0.326. The molecule has 0 aromatic heterocycles. The fourth-order valence-corrected chi connectivity index (χ4v) is 2.39. The first-order valence-electron chi connectivity index (χ1n) is 6.53. The Kier molecular flexibility index (Phi) is 5.83. The van der Waals surface area contributed by atoms with Crippen LogP contribution in [0.2, 0.25) is 0 Å². The topological polar surface area (TPSA) is 38.0 Å². The highest BCUT2D eigenvalue weighted by molar-refractivity contribution is 9.10. The van der Waals surface area contributed by atoms with Crippen LogP contribution in [-0.2, 0) is 6.42 Å². The minimum atomic E-state index is 0.326. The van der Waals surface area contributed by atoms with Crippen molar-refractivity contribution in [2.75, 3.05) is 0 Å². The van der Waals surface area contributed by atoms with Gasteiger partial charge in [0.2, 0.25) is 0 Å². The summed E-state index contributed by atoms with van der Waals surface area (Å²) in [5.74, 6) is 6.32. The van der Waals surface area contributed by atoms with E-state index in [2.05, 4.69) is 67.2 Å². The van der Waals surface area contributed by atoms with Gasteiger partial charge in [0.1, 0.15) is 0 Å². The molecule has 0 aliphatic rings. The van der Waals surface area contributed by atoms with E-state index in [1.54, 1.807) is 0 Å².